The van der Waals surface area contributed by atoms with E-state index in [-0.39, 0.29) is 24.8 Å². The number of benzene rings is 2. The predicted octanol–water partition coefficient (Wildman–Crippen LogP) is 7.01. The summed E-state index contributed by atoms with van der Waals surface area (Å²) in [6.45, 7) is 8.28. The van der Waals surface area contributed by atoms with Crippen molar-refractivity contribution in [1.29, 1.82) is 0 Å². The van der Waals surface area contributed by atoms with Crippen molar-refractivity contribution < 1.29 is 19.1 Å². The van der Waals surface area contributed by atoms with Crippen molar-refractivity contribution in [2.24, 2.45) is 9.98 Å². The van der Waals surface area contributed by atoms with E-state index in [0.29, 0.717) is 13.2 Å². The van der Waals surface area contributed by atoms with Crippen LogP contribution in [0.1, 0.15) is 38.8 Å². The molecule has 0 amide bonds. The highest BCUT2D eigenvalue weighted by molar-refractivity contribution is 5.82. The summed E-state index contributed by atoms with van der Waals surface area (Å²) in [5.41, 5.74) is 5.31. The quantitative estimate of drug-likeness (QED) is 0.164. The zero-order valence-electron chi connectivity index (χ0n) is 22.6. The van der Waals surface area contributed by atoms with Crippen molar-refractivity contribution in [1.82, 2.24) is 0 Å². The molecule has 0 aliphatic carbocycles. The molecule has 38 heavy (non-hydrogen) atoms. The normalized spacial score (nSPS) is 12.7. The van der Waals surface area contributed by atoms with Gasteiger partial charge in [-0.15, -0.1) is 0 Å². The van der Waals surface area contributed by atoms with Gasteiger partial charge in [0.05, 0.1) is 37.4 Å². The summed E-state index contributed by atoms with van der Waals surface area (Å²) in [6, 6.07) is 15.0. The molecular formula is C32H36N2O4. The SMILES string of the molecule is C\C=C/C(=C/C=N/c1ccc(CC(=O)OCC)cc1)C(/C=C\C)=C/C=N/c1ccc(CC(=O)OCC)cc1. The second-order valence-electron chi connectivity index (χ2n) is 8.10. The minimum atomic E-state index is -0.236. The topological polar surface area (TPSA) is 77.3 Å². The molecule has 0 atom stereocenters. The van der Waals surface area contributed by atoms with E-state index in [1.54, 1.807) is 26.3 Å². The van der Waals surface area contributed by atoms with Gasteiger partial charge >= 0.3 is 11.9 Å². The molecule has 0 N–H and O–H groups in total. The fraction of sp³-hybridized carbons (Fsp3) is 0.250. The van der Waals surface area contributed by atoms with Crippen molar-refractivity contribution in [2.75, 3.05) is 13.2 Å². The Morgan fingerprint density at radius 1 is 0.658 bits per heavy atom. The number of hydrogen-bond acceptors (Lipinski definition) is 6. The van der Waals surface area contributed by atoms with E-state index < -0.39 is 0 Å². The molecule has 0 heterocycles. The lowest BCUT2D eigenvalue weighted by molar-refractivity contribution is -0.143. The van der Waals surface area contributed by atoms with Crippen LogP contribution in [0.5, 0.6) is 0 Å². The summed E-state index contributed by atoms with van der Waals surface area (Å²) >= 11 is 0. The van der Waals surface area contributed by atoms with Gasteiger partial charge in [-0.25, -0.2) is 0 Å². The van der Waals surface area contributed by atoms with Gasteiger partial charge in [0.25, 0.3) is 0 Å². The number of rotatable bonds is 13. The lowest BCUT2D eigenvalue weighted by Crippen LogP contribution is -2.07. The first-order chi connectivity index (χ1) is 18.5. The molecule has 0 aromatic heterocycles. The van der Waals surface area contributed by atoms with Crippen LogP contribution in [0, 0.1) is 0 Å². The highest BCUT2D eigenvalue weighted by Crippen LogP contribution is 2.17. The van der Waals surface area contributed by atoms with E-state index in [0.717, 1.165) is 33.6 Å². The van der Waals surface area contributed by atoms with Gasteiger partial charge in [0.1, 0.15) is 0 Å². The van der Waals surface area contributed by atoms with Crippen molar-refractivity contribution >= 4 is 35.7 Å². The van der Waals surface area contributed by atoms with Crippen LogP contribution in [-0.4, -0.2) is 37.6 Å². The molecule has 6 nitrogen and oxygen atoms in total. The summed E-state index contributed by atoms with van der Waals surface area (Å²) in [5.74, 6) is -0.471. The monoisotopic (exact) mass is 512 g/mol. The third-order valence-electron chi connectivity index (χ3n) is 5.16. The molecule has 198 valence electrons. The van der Waals surface area contributed by atoms with E-state index in [9.17, 15) is 9.59 Å². The van der Waals surface area contributed by atoms with Crippen LogP contribution in [-0.2, 0) is 31.9 Å². The van der Waals surface area contributed by atoms with Gasteiger partial charge in [-0.3, -0.25) is 19.6 Å². The molecule has 0 spiro atoms. The lowest BCUT2D eigenvalue weighted by atomic mass is 10.0. The third kappa shape index (κ3) is 11.2. The number of carbonyl (C=O) groups excluding carboxylic acids is 2. The van der Waals surface area contributed by atoms with Crippen molar-refractivity contribution in [3.05, 3.63) is 107 Å². The van der Waals surface area contributed by atoms with Crippen molar-refractivity contribution in [3.63, 3.8) is 0 Å². The van der Waals surface area contributed by atoms with Crippen molar-refractivity contribution in [2.45, 2.75) is 40.5 Å². The van der Waals surface area contributed by atoms with Crippen LogP contribution >= 0.6 is 0 Å². The number of ether oxygens (including phenoxy) is 2. The number of hydrogen-bond donors (Lipinski definition) is 0. The molecule has 0 aliphatic rings. The number of esters is 2. The molecule has 0 fully saturated rings. The number of carbonyl (C=O) groups is 2. The standard InChI is InChI=1S/C32H36N2O4/c1-5-9-27(19-21-33-29-15-11-25(12-16-29)23-31(35)37-7-3)28(10-6-2)20-22-34-30-17-13-26(14-18-30)24-32(36)38-8-4/h5-6,9-22H,7-8,23-24H2,1-4H3/b9-5-,10-6-,27-19-,28-20+,33-21+,34-22+. The fourth-order valence-electron chi connectivity index (χ4n) is 3.42. The van der Waals surface area contributed by atoms with Crippen LogP contribution in [0.2, 0.25) is 0 Å². The summed E-state index contributed by atoms with van der Waals surface area (Å²) < 4.78 is 9.98. The average molecular weight is 513 g/mol. The van der Waals surface area contributed by atoms with Gasteiger partial charge in [-0.2, -0.15) is 0 Å². The molecule has 0 unspecified atom stereocenters. The second-order valence-corrected chi connectivity index (χ2v) is 8.10. The Bertz CT molecular complexity index is 1120. The van der Waals surface area contributed by atoms with E-state index in [1.165, 1.54) is 0 Å². The summed E-state index contributed by atoms with van der Waals surface area (Å²) in [4.78, 5) is 32.3. The van der Waals surface area contributed by atoms with Crippen molar-refractivity contribution in [3.8, 4) is 0 Å². The predicted molar refractivity (Wildman–Crippen MR) is 156 cm³/mol. The Balaban J connectivity index is 2.12. The van der Waals surface area contributed by atoms with Crippen LogP contribution < -0.4 is 0 Å². The summed E-state index contributed by atoms with van der Waals surface area (Å²) in [7, 11) is 0. The first-order valence-electron chi connectivity index (χ1n) is 12.7. The number of nitrogens with zero attached hydrogens (tertiary/aromatic N) is 2. The molecule has 2 rings (SSSR count). The molecule has 2 aromatic rings. The first kappa shape index (κ1) is 29.9. The Hall–Kier alpha value is -4.32. The molecule has 0 saturated carbocycles. The molecule has 0 saturated heterocycles. The largest absolute Gasteiger partial charge is 0.466 e. The molecule has 6 heteroatoms. The molecule has 0 bridgehead atoms. The van der Waals surface area contributed by atoms with E-state index in [2.05, 4.69) is 9.98 Å². The average Bonchev–Trinajstić information content (AvgIpc) is 2.90. The summed E-state index contributed by atoms with van der Waals surface area (Å²) in [6.07, 6.45) is 15.9. The maximum Gasteiger partial charge on any atom is 0.310 e. The van der Waals surface area contributed by atoms with Gasteiger partial charge < -0.3 is 9.47 Å². The number of allylic oxidation sites excluding steroid dienone is 8. The van der Waals surface area contributed by atoms with Gasteiger partial charge in [-0.05, 0) is 86.4 Å². The van der Waals surface area contributed by atoms with Crippen LogP contribution in [0.3, 0.4) is 0 Å². The second kappa shape index (κ2) is 17.2. The van der Waals surface area contributed by atoms with E-state index >= 15 is 0 Å². The maximum atomic E-state index is 11.6. The highest BCUT2D eigenvalue weighted by Gasteiger charge is 2.04. The Kier molecular flexibility index (Phi) is 13.5. The minimum Gasteiger partial charge on any atom is -0.466 e. The minimum absolute atomic E-state index is 0.236. The van der Waals surface area contributed by atoms with Gasteiger partial charge in [0.2, 0.25) is 0 Å². The Morgan fingerprint density at radius 3 is 1.34 bits per heavy atom. The molecule has 0 radical (unpaired) electrons. The van der Waals surface area contributed by atoms with Crippen LogP contribution in [0.4, 0.5) is 11.4 Å². The van der Waals surface area contributed by atoms with Crippen LogP contribution in [0.15, 0.2) is 106 Å². The lowest BCUT2D eigenvalue weighted by Gasteiger charge is -2.03. The Morgan fingerprint density at radius 2 is 1.03 bits per heavy atom. The van der Waals surface area contributed by atoms with E-state index in [4.69, 9.17) is 9.47 Å². The van der Waals surface area contributed by atoms with Crippen LogP contribution in [0.25, 0.3) is 0 Å². The molecular weight excluding hydrogens is 476 g/mol. The van der Waals surface area contributed by atoms with Gasteiger partial charge in [0.15, 0.2) is 0 Å². The van der Waals surface area contributed by atoms with Gasteiger partial charge in [-0.1, -0.05) is 48.6 Å². The zero-order valence-corrected chi connectivity index (χ0v) is 22.6. The molecule has 2 aromatic carbocycles. The smallest absolute Gasteiger partial charge is 0.310 e. The number of aliphatic imine (C=N–C) groups is 2. The zero-order chi connectivity index (χ0) is 27.6. The Labute approximate surface area is 225 Å². The summed E-state index contributed by atoms with van der Waals surface area (Å²) in [5, 5.41) is 0. The van der Waals surface area contributed by atoms with Gasteiger partial charge in [0, 0.05) is 12.4 Å². The first-order valence-corrected chi connectivity index (χ1v) is 12.7. The third-order valence-corrected chi connectivity index (χ3v) is 5.16. The maximum absolute atomic E-state index is 11.6. The fourth-order valence-corrected chi connectivity index (χ4v) is 3.42. The molecule has 0 aliphatic heterocycles. The van der Waals surface area contributed by atoms with E-state index in [1.807, 2.05) is 98.8 Å². The highest BCUT2D eigenvalue weighted by atomic mass is 16.5.